The number of aryl methyl sites for hydroxylation is 2. The second kappa shape index (κ2) is 6.70. The van der Waals surface area contributed by atoms with Crippen LogP contribution in [0.25, 0.3) is 0 Å². The molecule has 1 aromatic rings. The molecule has 1 amide bonds. The van der Waals surface area contributed by atoms with E-state index in [0.29, 0.717) is 13.0 Å². The van der Waals surface area contributed by atoms with Crippen LogP contribution < -0.4 is 5.32 Å². The van der Waals surface area contributed by atoms with Gasteiger partial charge in [0.15, 0.2) is 0 Å². The van der Waals surface area contributed by atoms with E-state index in [1.165, 1.54) is 0 Å². The van der Waals surface area contributed by atoms with Crippen molar-refractivity contribution >= 4 is 5.91 Å². The Hall–Kier alpha value is -1.82. The quantitative estimate of drug-likeness (QED) is 0.791. The molecule has 90 valence electrons. The molecule has 0 heterocycles. The first kappa shape index (κ1) is 13.2. The van der Waals surface area contributed by atoms with Gasteiger partial charge in [0.1, 0.15) is 0 Å². The molecule has 0 fully saturated rings. The van der Waals surface area contributed by atoms with Crippen LogP contribution in [-0.2, 0) is 0 Å². The Kier molecular flexibility index (Phi) is 5.22. The molecular weight excluding hydrogens is 212 g/mol. The average Bonchev–Trinajstić information content (AvgIpc) is 2.28. The predicted molar refractivity (Wildman–Crippen MR) is 67.7 cm³/mol. The molecule has 0 atom stereocenters. The molecule has 0 aliphatic carbocycles. The molecule has 0 aromatic heterocycles. The smallest absolute Gasteiger partial charge is 0.251 e. The fourth-order valence-corrected chi connectivity index (χ4v) is 1.79. The van der Waals surface area contributed by atoms with Crippen molar-refractivity contribution in [3.05, 3.63) is 34.9 Å². The summed E-state index contributed by atoms with van der Waals surface area (Å²) in [5.41, 5.74) is 2.77. The van der Waals surface area contributed by atoms with Gasteiger partial charge in [0, 0.05) is 18.5 Å². The Labute approximate surface area is 102 Å². The lowest BCUT2D eigenvalue weighted by molar-refractivity contribution is 0.0952. The van der Waals surface area contributed by atoms with E-state index in [2.05, 4.69) is 11.4 Å². The van der Waals surface area contributed by atoms with Crippen LogP contribution >= 0.6 is 0 Å². The zero-order chi connectivity index (χ0) is 12.7. The van der Waals surface area contributed by atoms with Gasteiger partial charge in [-0.15, -0.1) is 0 Å². The molecule has 3 nitrogen and oxygen atoms in total. The summed E-state index contributed by atoms with van der Waals surface area (Å²) in [5, 5.41) is 11.3. The van der Waals surface area contributed by atoms with E-state index in [4.69, 9.17) is 5.26 Å². The van der Waals surface area contributed by atoms with Crippen LogP contribution in [0.15, 0.2) is 18.2 Å². The summed E-state index contributed by atoms with van der Waals surface area (Å²) >= 11 is 0. The number of benzene rings is 1. The van der Waals surface area contributed by atoms with Gasteiger partial charge in [0.05, 0.1) is 6.07 Å². The highest BCUT2D eigenvalue weighted by Gasteiger charge is 2.10. The second-order valence-corrected chi connectivity index (χ2v) is 4.14. The van der Waals surface area contributed by atoms with Crippen molar-refractivity contribution in [3.8, 4) is 6.07 Å². The van der Waals surface area contributed by atoms with Gasteiger partial charge in [-0.1, -0.05) is 18.2 Å². The molecule has 1 N–H and O–H groups in total. The van der Waals surface area contributed by atoms with Gasteiger partial charge in [-0.2, -0.15) is 5.26 Å². The van der Waals surface area contributed by atoms with Gasteiger partial charge < -0.3 is 5.32 Å². The minimum Gasteiger partial charge on any atom is -0.352 e. The van der Waals surface area contributed by atoms with E-state index in [1.807, 2.05) is 32.0 Å². The number of unbranched alkanes of at least 4 members (excludes halogenated alkanes) is 2. The molecule has 0 spiro atoms. The Balaban J connectivity index is 2.51. The third-order valence-corrected chi connectivity index (χ3v) is 2.71. The molecule has 0 saturated heterocycles. The van der Waals surface area contributed by atoms with E-state index >= 15 is 0 Å². The minimum atomic E-state index is -0.0162. The normalized spacial score (nSPS) is 9.71. The van der Waals surface area contributed by atoms with Crippen LogP contribution in [0.1, 0.15) is 40.7 Å². The lowest BCUT2D eigenvalue weighted by atomic mass is 10.0. The van der Waals surface area contributed by atoms with Crippen LogP contribution in [0.3, 0.4) is 0 Å². The Morgan fingerprint density at radius 2 is 1.94 bits per heavy atom. The molecule has 0 radical (unpaired) electrons. The third-order valence-electron chi connectivity index (χ3n) is 2.71. The van der Waals surface area contributed by atoms with Crippen LogP contribution in [0.4, 0.5) is 0 Å². The number of amides is 1. The maximum atomic E-state index is 11.9. The van der Waals surface area contributed by atoms with E-state index in [0.717, 1.165) is 29.5 Å². The first-order chi connectivity index (χ1) is 8.16. The van der Waals surface area contributed by atoms with Crippen molar-refractivity contribution in [2.45, 2.75) is 33.1 Å². The summed E-state index contributed by atoms with van der Waals surface area (Å²) in [4.78, 5) is 11.9. The summed E-state index contributed by atoms with van der Waals surface area (Å²) in [5.74, 6) is -0.0162. The third kappa shape index (κ3) is 3.92. The highest BCUT2D eigenvalue weighted by molar-refractivity contribution is 5.96. The van der Waals surface area contributed by atoms with Crippen LogP contribution in [0.5, 0.6) is 0 Å². The molecule has 3 heteroatoms. The fraction of sp³-hybridized carbons (Fsp3) is 0.429. The van der Waals surface area contributed by atoms with Gasteiger partial charge in [0.25, 0.3) is 5.91 Å². The van der Waals surface area contributed by atoms with Crippen molar-refractivity contribution < 1.29 is 4.79 Å². The molecule has 1 rings (SSSR count). The standard InChI is InChI=1S/C14H18N2O/c1-11-7-6-8-12(2)13(11)14(17)16-10-5-3-4-9-15/h6-8H,3-5,10H2,1-2H3,(H,16,17). The maximum absolute atomic E-state index is 11.9. The number of nitriles is 1. The molecular formula is C14H18N2O. The molecule has 17 heavy (non-hydrogen) atoms. The minimum absolute atomic E-state index is 0.0162. The van der Waals surface area contributed by atoms with Gasteiger partial charge >= 0.3 is 0 Å². The molecule has 1 aromatic carbocycles. The van der Waals surface area contributed by atoms with Gasteiger partial charge in [-0.25, -0.2) is 0 Å². The number of rotatable bonds is 5. The number of hydrogen-bond donors (Lipinski definition) is 1. The zero-order valence-corrected chi connectivity index (χ0v) is 10.4. The molecule has 0 saturated carbocycles. The van der Waals surface area contributed by atoms with E-state index in [9.17, 15) is 4.79 Å². The van der Waals surface area contributed by atoms with Crippen molar-refractivity contribution in [2.75, 3.05) is 6.54 Å². The molecule has 0 aliphatic heterocycles. The molecule has 0 bridgehead atoms. The topological polar surface area (TPSA) is 52.9 Å². The van der Waals surface area contributed by atoms with E-state index < -0.39 is 0 Å². The van der Waals surface area contributed by atoms with Gasteiger partial charge in [-0.3, -0.25) is 4.79 Å². The summed E-state index contributed by atoms with van der Waals surface area (Å²) < 4.78 is 0. The Morgan fingerprint density at radius 1 is 1.29 bits per heavy atom. The highest BCUT2D eigenvalue weighted by atomic mass is 16.1. The van der Waals surface area contributed by atoms with Crippen LogP contribution in [-0.4, -0.2) is 12.5 Å². The number of nitrogens with one attached hydrogen (secondary N) is 1. The first-order valence-electron chi connectivity index (χ1n) is 5.88. The van der Waals surface area contributed by atoms with Crippen molar-refractivity contribution in [1.29, 1.82) is 5.26 Å². The Morgan fingerprint density at radius 3 is 2.53 bits per heavy atom. The van der Waals surface area contributed by atoms with Crippen molar-refractivity contribution in [1.82, 2.24) is 5.32 Å². The number of nitrogens with zero attached hydrogens (tertiary/aromatic N) is 1. The fourth-order valence-electron chi connectivity index (χ4n) is 1.79. The largest absolute Gasteiger partial charge is 0.352 e. The molecule has 0 aliphatic rings. The maximum Gasteiger partial charge on any atom is 0.251 e. The lowest BCUT2D eigenvalue weighted by Crippen LogP contribution is -2.26. The van der Waals surface area contributed by atoms with Gasteiger partial charge in [-0.05, 0) is 37.8 Å². The van der Waals surface area contributed by atoms with Crippen molar-refractivity contribution in [2.24, 2.45) is 0 Å². The highest BCUT2D eigenvalue weighted by Crippen LogP contribution is 2.12. The van der Waals surface area contributed by atoms with Crippen LogP contribution in [0, 0.1) is 25.2 Å². The SMILES string of the molecule is Cc1cccc(C)c1C(=O)NCCCCC#N. The monoisotopic (exact) mass is 230 g/mol. The van der Waals surface area contributed by atoms with E-state index in [1.54, 1.807) is 0 Å². The van der Waals surface area contributed by atoms with Crippen molar-refractivity contribution in [3.63, 3.8) is 0 Å². The lowest BCUT2D eigenvalue weighted by Gasteiger charge is -2.09. The first-order valence-corrected chi connectivity index (χ1v) is 5.88. The number of hydrogen-bond acceptors (Lipinski definition) is 2. The summed E-state index contributed by atoms with van der Waals surface area (Å²) in [6.45, 7) is 4.52. The summed E-state index contributed by atoms with van der Waals surface area (Å²) in [6.07, 6.45) is 2.24. The average molecular weight is 230 g/mol. The van der Waals surface area contributed by atoms with Crippen LogP contribution in [0.2, 0.25) is 0 Å². The number of carbonyl (C=O) groups is 1. The molecule has 0 unspecified atom stereocenters. The number of carbonyl (C=O) groups excluding carboxylic acids is 1. The van der Waals surface area contributed by atoms with Gasteiger partial charge in [0.2, 0.25) is 0 Å². The van der Waals surface area contributed by atoms with E-state index in [-0.39, 0.29) is 5.91 Å². The summed E-state index contributed by atoms with van der Waals surface area (Å²) in [6, 6.07) is 7.93. The zero-order valence-electron chi connectivity index (χ0n) is 10.4. The Bertz CT molecular complexity index is 412. The second-order valence-electron chi connectivity index (χ2n) is 4.14. The summed E-state index contributed by atoms with van der Waals surface area (Å²) in [7, 11) is 0. The predicted octanol–water partition coefficient (Wildman–Crippen LogP) is 2.73.